The molecule has 3 aromatic rings. The van der Waals surface area contributed by atoms with Gasteiger partial charge >= 0.3 is 0 Å². The molecule has 2 N–H and O–H groups in total. The molecule has 1 amide bonds. The molecule has 1 aromatic carbocycles. The fourth-order valence-electron chi connectivity index (χ4n) is 3.15. The fourth-order valence-corrected chi connectivity index (χ4v) is 3.78. The van der Waals surface area contributed by atoms with Crippen LogP contribution in [0.4, 0.5) is 0 Å². The number of methoxy groups -OCH3 is 1. The Morgan fingerprint density at radius 2 is 2.27 bits per heavy atom. The van der Waals surface area contributed by atoms with Crippen molar-refractivity contribution in [1.82, 2.24) is 10.3 Å². The quantitative estimate of drug-likeness (QED) is 0.780. The summed E-state index contributed by atoms with van der Waals surface area (Å²) < 4.78 is 5.31. The van der Waals surface area contributed by atoms with Crippen molar-refractivity contribution in [3.63, 3.8) is 0 Å². The number of aromatic amines is 1. The van der Waals surface area contributed by atoms with E-state index in [-0.39, 0.29) is 11.9 Å². The largest absolute Gasteiger partial charge is 0.497 e. The molecule has 1 atom stereocenters. The van der Waals surface area contributed by atoms with Crippen LogP contribution in [-0.2, 0) is 12.8 Å². The molecule has 2 heterocycles. The molecule has 0 aliphatic heterocycles. The molecule has 112 valence electrons. The SMILES string of the molecule is COc1ccc2[nH]c3c(c2c1)CC(NC(=O)c1cccs1)C3. The number of fused-ring (bicyclic) bond motifs is 3. The second-order valence-electron chi connectivity index (χ2n) is 5.55. The maximum atomic E-state index is 12.2. The number of aromatic nitrogens is 1. The Hall–Kier alpha value is -2.27. The van der Waals surface area contributed by atoms with Gasteiger partial charge in [-0.1, -0.05) is 6.07 Å². The van der Waals surface area contributed by atoms with Gasteiger partial charge in [0.25, 0.3) is 5.91 Å². The molecule has 5 heteroatoms. The summed E-state index contributed by atoms with van der Waals surface area (Å²) in [5.74, 6) is 0.882. The van der Waals surface area contributed by atoms with Crippen LogP contribution in [0.15, 0.2) is 35.7 Å². The number of benzene rings is 1. The molecule has 0 saturated carbocycles. The fraction of sp³-hybridized carbons (Fsp3) is 0.235. The minimum Gasteiger partial charge on any atom is -0.497 e. The number of H-pyrrole nitrogens is 1. The lowest BCUT2D eigenvalue weighted by Gasteiger charge is -2.11. The summed E-state index contributed by atoms with van der Waals surface area (Å²) in [5.41, 5.74) is 3.65. The van der Waals surface area contributed by atoms with Crippen LogP contribution in [0.5, 0.6) is 5.75 Å². The van der Waals surface area contributed by atoms with Crippen LogP contribution in [0.3, 0.4) is 0 Å². The summed E-state index contributed by atoms with van der Waals surface area (Å²) in [7, 11) is 1.68. The number of amides is 1. The Bertz CT molecular complexity index is 836. The van der Waals surface area contributed by atoms with Crippen molar-refractivity contribution >= 4 is 28.1 Å². The van der Waals surface area contributed by atoms with E-state index in [4.69, 9.17) is 4.74 Å². The monoisotopic (exact) mass is 312 g/mol. The zero-order chi connectivity index (χ0) is 15.1. The van der Waals surface area contributed by atoms with Crippen LogP contribution >= 0.6 is 11.3 Å². The second kappa shape index (κ2) is 5.18. The van der Waals surface area contributed by atoms with Gasteiger partial charge in [-0.25, -0.2) is 0 Å². The third kappa shape index (κ3) is 2.18. The molecule has 1 unspecified atom stereocenters. The first kappa shape index (κ1) is 13.4. The van der Waals surface area contributed by atoms with Gasteiger partial charge in [-0.05, 0) is 41.6 Å². The number of ether oxygens (including phenoxy) is 1. The average Bonchev–Trinajstić information content (AvgIpc) is 3.22. The van der Waals surface area contributed by atoms with E-state index in [2.05, 4.69) is 16.4 Å². The van der Waals surface area contributed by atoms with Crippen LogP contribution in [0.25, 0.3) is 10.9 Å². The van der Waals surface area contributed by atoms with Crippen molar-refractivity contribution in [2.45, 2.75) is 18.9 Å². The Balaban J connectivity index is 1.57. The van der Waals surface area contributed by atoms with Crippen molar-refractivity contribution in [1.29, 1.82) is 0 Å². The van der Waals surface area contributed by atoms with Gasteiger partial charge < -0.3 is 15.0 Å². The molecule has 1 aliphatic rings. The highest BCUT2D eigenvalue weighted by Crippen LogP contribution is 2.32. The van der Waals surface area contributed by atoms with Crippen LogP contribution < -0.4 is 10.1 Å². The van der Waals surface area contributed by atoms with Gasteiger partial charge in [0.15, 0.2) is 0 Å². The van der Waals surface area contributed by atoms with Crippen molar-refractivity contribution in [3.05, 3.63) is 51.8 Å². The van der Waals surface area contributed by atoms with E-state index in [0.717, 1.165) is 29.0 Å². The lowest BCUT2D eigenvalue weighted by Crippen LogP contribution is -2.35. The Labute approximate surface area is 132 Å². The lowest BCUT2D eigenvalue weighted by molar-refractivity contribution is 0.0942. The summed E-state index contributed by atoms with van der Waals surface area (Å²) in [6.07, 6.45) is 1.71. The van der Waals surface area contributed by atoms with Crippen LogP contribution in [-0.4, -0.2) is 24.0 Å². The number of hydrogen-bond acceptors (Lipinski definition) is 3. The summed E-state index contributed by atoms with van der Waals surface area (Å²) in [5, 5.41) is 6.25. The first-order chi connectivity index (χ1) is 10.7. The van der Waals surface area contributed by atoms with Crippen molar-refractivity contribution < 1.29 is 9.53 Å². The molecule has 4 rings (SSSR count). The normalized spacial score (nSPS) is 16.7. The Morgan fingerprint density at radius 3 is 3.05 bits per heavy atom. The van der Waals surface area contributed by atoms with Gasteiger partial charge in [-0.3, -0.25) is 4.79 Å². The molecule has 4 nitrogen and oxygen atoms in total. The highest BCUT2D eigenvalue weighted by atomic mass is 32.1. The van der Waals surface area contributed by atoms with E-state index in [1.165, 1.54) is 28.0 Å². The van der Waals surface area contributed by atoms with Crippen molar-refractivity contribution in [2.75, 3.05) is 7.11 Å². The van der Waals surface area contributed by atoms with Crippen molar-refractivity contribution in [3.8, 4) is 5.75 Å². The van der Waals surface area contributed by atoms with Crippen LogP contribution in [0.1, 0.15) is 20.9 Å². The Morgan fingerprint density at radius 1 is 1.36 bits per heavy atom. The molecule has 0 spiro atoms. The van der Waals surface area contributed by atoms with E-state index < -0.39 is 0 Å². The standard InChI is InChI=1S/C17H16N2O2S/c1-21-11-4-5-14-13(9-11)12-7-10(8-15(12)19-14)18-17(20)16-3-2-6-22-16/h2-6,9-10,19H,7-8H2,1H3,(H,18,20). The van der Waals surface area contributed by atoms with Crippen LogP contribution in [0, 0.1) is 0 Å². The van der Waals surface area contributed by atoms with E-state index in [9.17, 15) is 4.79 Å². The molecule has 0 bridgehead atoms. The maximum absolute atomic E-state index is 12.2. The highest BCUT2D eigenvalue weighted by molar-refractivity contribution is 7.12. The lowest BCUT2D eigenvalue weighted by atomic mass is 10.1. The molecule has 1 aliphatic carbocycles. The number of rotatable bonds is 3. The van der Waals surface area contributed by atoms with E-state index in [1.807, 2.05) is 29.6 Å². The Kier molecular flexibility index (Phi) is 3.15. The third-order valence-corrected chi connectivity index (χ3v) is 5.05. The van der Waals surface area contributed by atoms with Crippen LogP contribution in [0.2, 0.25) is 0 Å². The first-order valence-electron chi connectivity index (χ1n) is 7.26. The topological polar surface area (TPSA) is 54.1 Å². The molecule has 2 aromatic heterocycles. The molecule has 0 radical (unpaired) electrons. The zero-order valence-corrected chi connectivity index (χ0v) is 13.0. The number of hydrogen-bond donors (Lipinski definition) is 2. The van der Waals surface area contributed by atoms with Crippen molar-refractivity contribution in [2.24, 2.45) is 0 Å². The van der Waals surface area contributed by atoms with Gasteiger partial charge in [0.1, 0.15) is 5.75 Å². The zero-order valence-electron chi connectivity index (χ0n) is 12.2. The smallest absolute Gasteiger partial charge is 0.261 e. The van der Waals surface area contributed by atoms with Gasteiger partial charge in [0.05, 0.1) is 12.0 Å². The van der Waals surface area contributed by atoms with E-state index in [1.54, 1.807) is 7.11 Å². The first-order valence-corrected chi connectivity index (χ1v) is 8.14. The minimum absolute atomic E-state index is 0.0204. The average molecular weight is 312 g/mol. The number of thiophene rings is 1. The molecular formula is C17H16N2O2S. The maximum Gasteiger partial charge on any atom is 0.261 e. The number of carbonyl (C=O) groups excluding carboxylic acids is 1. The summed E-state index contributed by atoms with van der Waals surface area (Å²) >= 11 is 1.47. The van der Waals surface area contributed by atoms with Gasteiger partial charge in [-0.15, -0.1) is 11.3 Å². The third-order valence-electron chi connectivity index (χ3n) is 4.18. The summed E-state index contributed by atoms with van der Waals surface area (Å²) in [6, 6.07) is 9.99. The number of nitrogens with one attached hydrogen (secondary N) is 2. The summed E-state index contributed by atoms with van der Waals surface area (Å²) in [6.45, 7) is 0. The predicted molar refractivity (Wildman–Crippen MR) is 87.8 cm³/mol. The second-order valence-corrected chi connectivity index (χ2v) is 6.50. The van der Waals surface area contributed by atoms with Gasteiger partial charge in [0, 0.05) is 29.1 Å². The molecule has 0 saturated heterocycles. The van der Waals surface area contributed by atoms with Gasteiger partial charge in [0.2, 0.25) is 0 Å². The minimum atomic E-state index is 0.0204. The number of carbonyl (C=O) groups is 1. The summed E-state index contributed by atoms with van der Waals surface area (Å²) in [4.78, 5) is 16.4. The van der Waals surface area contributed by atoms with E-state index in [0.29, 0.717) is 0 Å². The van der Waals surface area contributed by atoms with E-state index >= 15 is 0 Å². The predicted octanol–water partition coefficient (Wildman–Crippen LogP) is 3.14. The highest BCUT2D eigenvalue weighted by Gasteiger charge is 2.27. The van der Waals surface area contributed by atoms with Gasteiger partial charge in [-0.2, -0.15) is 0 Å². The molecule has 22 heavy (non-hydrogen) atoms. The molecule has 0 fully saturated rings. The molecular weight excluding hydrogens is 296 g/mol.